The molecule has 0 N–H and O–H groups in total. The minimum absolute atomic E-state index is 0.0322. The first-order valence-corrected chi connectivity index (χ1v) is 13.7. The average Bonchev–Trinajstić information content (AvgIpc) is 2.92. The Kier molecular flexibility index (Phi) is 8.93. The lowest BCUT2D eigenvalue weighted by Gasteiger charge is -2.33. The van der Waals surface area contributed by atoms with E-state index in [1.54, 1.807) is 40.1 Å². The van der Waals surface area contributed by atoms with Crippen LogP contribution in [0.5, 0.6) is 0 Å². The van der Waals surface area contributed by atoms with Crippen LogP contribution in [0.15, 0.2) is 73.1 Å². The van der Waals surface area contributed by atoms with Crippen LogP contribution in [0.2, 0.25) is 0 Å². The van der Waals surface area contributed by atoms with Crippen LogP contribution < -0.4 is 0 Å². The minimum Gasteiger partial charge on any atom is -0.427 e. The van der Waals surface area contributed by atoms with Gasteiger partial charge in [-0.15, -0.1) is 0 Å². The van der Waals surface area contributed by atoms with Crippen molar-refractivity contribution in [2.75, 3.05) is 0 Å². The average molecular weight is 541 g/mol. The third-order valence-electron chi connectivity index (χ3n) is 7.04. The summed E-state index contributed by atoms with van der Waals surface area (Å²) < 4.78 is 11.8. The van der Waals surface area contributed by atoms with E-state index in [0.717, 1.165) is 32.9 Å². The number of hydrogen-bond donors (Lipinski definition) is 0. The van der Waals surface area contributed by atoms with E-state index >= 15 is 0 Å². The van der Waals surface area contributed by atoms with Gasteiger partial charge >= 0.3 is 6.16 Å². The Morgan fingerprint density at radius 2 is 1.07 bits per heavy atom. The predicted molar refractivity (Wildman–Crippen MR) is 155 cm³/mol. The molecule has 4 aromatic rings. The molecule has 4 rings (SSSR count). The lowest BCUT2D eigenvalue weighted by atomic mass is 9.90. The molecule has 0 amide bonds. The van der Waals surface area contributed by atoms with Gasteiger partial charge in [0.15, 0.2) is 0 Å². The predicted octanol–water partition coefficient (Wildman–Crippen LogP) is 6.98. The fourth-order valence-electron chi connectivity index (χ4n) is 5.07. The standard InChI is InChI=1S/C33H36N2O5/c1-5-27(36)19-32(3,17-23-15-25-11-7-9-13-29(25)34-21-23)39-31(38)40-33(4,20-28(37)6-2)18-24-16-26-12-8-10-14-30(26)35-22-24/h7-16,21-22H,5-6,17-20H2,1-4H3. The lowest BCUT2D eigenvalue weighted by molar-refractivity contribution is -0.128. The van der Waals surface area contributed by atoms with E-state index in [1.165, 1.54) is 0 Å². The number of ether oxygens (including phenoxy) is 2. The molecule has 0 aliphatic heterocycles. The van der Waals surface area contributed by atoms with E-state index in [4.69, 9.17) is 9.47 Å². The number of pyridine rings is 2. The Hall–Kier alpha value is -4.13. The molecular weight excluding hydrogens is 504 g/mol. The van der Waals surface area contributed by atoms with Crippen molar-refractivity contribution in [3.05, 3.63) is 84.2 Å². The van der Waals surface area contributed by atoms with Gasteiger partial charge in [-0.05, 0) is 49.2 Å². The lowest BCUT2D eigenvalue weighted by Crippen LogP contribution is -2.42. The van der Waals surface area contributed by atoms with E-state index < -0.39 is 17.4 Å². The summed E-state index contributed by atoms with van der Waals surface area (Å²) in [6.45, 7) is 7.03. The van der Waals surface area contributed by atoms with Gasteiger partial charge in [0.2, 0.25) is 0 Å². The summed E-state index contributed by atoms with van der Waals surface area (Å²) in [5.74, 6) is -0.0644. The molecule has 7 nitrogen and oxygen atoms in total. The smallest absolute Gasteiger partial charge is 0.427 e. The summed E-state index contributed by atoms with van der Waals surface area (Å²) in [5.41, 5.74) is 1.08. The third-order valence-corrected chi connectivity index (χ3v) is 7.04. The first-order valence-electron chi connectivity index (χ1n) is 13.7. The molecular formula is C33H36N2O5. The second-order valence-corrected chi connectivity index (χ2v) is 10.9. The number of hydrogen-bond acceptors (Lipinski definition) is 7. The Morgan fingerprint density at radius 3 is 1.48 bits per heavy atom. The molecule has 2 atom stereocenters. The highest BCUT2D eigenvalue weighted by Crippen LogP contribution is 2.29. The monoisotopic (exact) mass is 540 g/mol. The summed E-state index contributed by atoms with van der Waals surface area (Å²) in [7, 11) is 0. The number of fused-ring (bicyclic) bond motifs is 2. The largest absolute Gasteiger partial charge is 0.509 e. The number of ketones is 2. The van der Waals surface area contributed by atoms with Crippen LogP contribution in [-0.2, 0) is 31.9 Å². The molecule has 2 aromatic heterocycles. The summed E-state index contributed by atoms with van der Waals surface area (Å²) in [6.07, 6.45) is 3.83. The van der Waals surface area contributed by atoms with Crippen LogP contribution in [0.25, 0.3) is 21.8 Å². The van der Waals surface area contributed by atoms with Crippen molar-refractivity contribution in [2.24, 2.45) is 0 Å². The Balaban J connectivity index is 1.56. The summed E-state index contributed by atoms with van der Waals surface area (Å²) in [6, 6.07) is 19.5. The highest BCUT2D eigenvalue weighted by molar-refractivity contribution is 5.81. The van der Waals surface area contributed by atoms with Crippen molar-refractivity contribution < 1.29 is 23.9 Å². The molecule has 208 valence electrons. The number of carbonyl (C=O) groups is 3. The van der Waals surface area contributed by atoms with Crippen molar-refractivity contribution in [2.45, 2.75) is 77.4 Å². The van der Waals surface area contributed by atoms with Crippen molar-refractivity contribution in [3.8, 4) is 0 Å². The number of Topliss-reactive ketones (excluding diaryl/α,β-unsaturated/α-hetero) is 2. The van der Waals surface area contributed by atoms with E-state index in [0.29, 0.717) is 12.8 Å². The number of para-hydroxylation sites is 2. The Bertz CT molecular complexity index is 1420. The van der Waals surface area contributed by atoms with Gasteiger partial charge < -0.3 is 9.47 Å². The van der Waals surface area contributed by atoms with E-state index in [9.17, 15) is 14.4 Å². The van der Waals surface area contributed by atoms with Crippen LogP contribution >= 0.6 is 0 Å². The zero-order valence-electron chi connectivity index (χ0n) is 23.6. The second kappa shape index (κ2) is 12.4. The molecule has 0 radical (unpaired) electrons. The molecule has 2 heterocycles. The molecule has 2 aromatic carbocycles. The molecule has 0 bridgehead atoms. The topological polar surface area (TPSA) is 95.5 Å². The van der Waals surface area contributed by atoms with Crippen molar-refractivity contribution in [1.29, 1.82) is 0 Å². The molecule has 0 aliphatic carbocycles. The summed E-state index contributed by atoms with van der Waals surface area (Å²) in [5, 5.41) is 1.92. The third kappa shape index (κ3) is 7.50. The number of carbonyl (C=O) groups excluding carboxylic acids is 3. The minimum atomic E-state index is -1.16. The van der Waals surface area contributed by atoms with Gasteiger partial charge in [0.05, 0.1) is 11.0 Å². The van der Waals surface area contributed by atoms with E-state index in [-0.39, 0.29) is 37.2 Å². The zero-order chi connectivity index (χ0) is 28.8. The van der Waals surface area contributed by atoms with Crippen LogP contribution in [0, 0.1) is 0 Å². The fourth-order valence-corrected chi connectivity index (χ4v) is 5.07. The Labute approximate surface area is 234 Å². The summed E-state index contributed by atoms with van der Waals surface area (Å²) >= 11 is 0. The van der Waals surface area contributed by atoms with Gasteiger partial charge in [0, 0.05) is 61.7 Å². The molecule has 2 unspecified atom stereocenters. The van der Waals surface area contributed by atoms with Crippen LogP contribution in [0.4, 0.5) is 4.79 Å². The molecule has 0 fully saturated rings. The van der Waals surface area contributed by atoms with Gasteiger partial charge in [-0.2, -0.15) is 0 Å². The molecule has 40 heavy (non-hydrogen) atoms. The van der Waals surface area contributed by atoms with Gasteiger partial charge in [-0.3, -0.25) is 19.6 Å². The highest BCUT2D eigenvalue weighted by Gasteiger charge is 2.37. The maximum absolute atomic E-state index is 13.3. The van der Waals surface area contributed by atoms with Crippen molar-refractivity contribution >= 4 is 39.5 Å². The van der Waals surface area contributed by atoms with Crippen molar-refractivity contribution in [1.82, 2.24) is 9.97 Å². The number of nitrogens with zero attached hydrogens (tertiary/aromatic N) is 2. The first-order chi connectivity index (χ1) is 19.1. The quantitative estimate of drug-likeness (QED) is 0.179. The van der Waals surface area contributed by atoms with Gasteiger partial charge in [-0.25, -0.2) is 4.79 Å². The van der Waals surface area contributed by atoms with Gasteiger partial charge in [0.25, 0.3) is 0 Å². The first kappa shape index (κ1) is 28.9. The number of aromatic nitrogens is 2. The van der Waals surface area contributed by atoms with Crippen molar-refractivity contribution in [3.63, 3.8) is 0 Å². The van der Waals surface area contributed by atoms with Gasteiger partial charge in [-0.1, -0.05) is 50.2 Å². The second-order valence-electron chi connectivity index (χ2n) is 10.9. The number of benzene rings is 2. The Morgan fingerprint density at radius 1 is 0.675 bits per heavy atom. The molecule has 0 saturated heterocycles. The molecule has 0 spiro atoms. The van der Waals surface area contributed by atoms with Crippen LogP contribution in [0.3, 0.4) is 0 Å². The summed E-state index contributed by atoms with van der Waals surface area (Å²) in [4.78, 5) is 47.4. The van der Waals surface area contributed by atoms with Crippen LogP contribution in [-0.4, -0.2) is 38.9 Å². The zero-order valence-corrected chi connectivity index (χ0v) is 23.6. The number of rotatable bonds is 12. The maximum atomic E-state index is 13.3. The highest BCUT2D eigenvalue weighted by atomic mass is 16.7. The SMILES string of the molecule is CCC(=O)CC(C)(Cc1cnc2ccccc2c1)OC(=O)OC(C)(CC(=O)CC)Cc1cnc2ccccc2c1. The van der Waals surface area contributed by atoms with Gasteiger partial charge in [0.1, 0.15) is 22.8 Å². The van der Waals surface area contributed by atoms with E-state index in [2.05, 4.69) is 9.97 Å². The molecule has 0 saturated carbocycles. The molecule has 7 heteroatoms. The maximum Gasteiger partial charge on any atom is 0.509 e. The molecule has 0 aliphatic rings. The van der Waals surface area contributed by atoms with Crippen LogP contribution in [0.1, 0.15) is 64.5 Å². The fraction of sp³-hybridized carbons (Fsp3) is 0.364. The normalized spacial score (nSPS) is 14.3. The van der Waals surface area contributed by atoms with E-state index in [1.807, 2.05) is 60.7 Å².